The Kier molecular flexibility index (Phi) is 5.84. The normalized spacial score (nSPS) is 11.7. The molecule has 1 atom stereocenters. The van der Waals surface area contributed by atoms with E-state index in [2.05, 4.69) is 5.10 Å². The highest BCUT2D eigenvalue weighted by molar-refractivity contribution is 5.92. The number of hydrogen-bond donors (Lipinski definition) is 0. The standard InChI is InChI=1S/C21H20FN3O3/c1-15(20(26)24(2)14-16-5-3-6-18(22)13-16)28-21(27)17-7-9-19(10-8-17)25-12-4-11-23-25/h3-13,15H,14H2,1-2H3/t15-/m1/s1. The van der Waals surface area contributed by atoms with E-state index in [0.717, 1.165) is 5.69 Å². The predicted octanol–water partition coefficient (Wildman–Crippen LogP) is 3.22. The van der Waals surface area contributed by atoms with E-state index in [1.54, 1.807) is 66.6 Å². The molecule has 0 aliphatic rings. The van der Waals surface area contributed by atoms with Crippen LogP contribution in [0, 0.1) is 5.82 Å². The molecule has 0 saturated heterocycles. The third-order valence-electron chi connectivity index (χ3n) is 4.19. The van der Waals surface area contributed by atoms with E-state index in [9.17, 15) is 14.0 Å². The number of nitrogens with zero attached hydrogens (tertiary/aromatic N) is 3. The minimum Gasteiger partial charge on any atom is -0.449 e. The maximum Gasteiger partial charge on any atom is 0.338 e. The molecule has 0 aliphatic carbocycles. The summed E-state index contributed by atoms with van der Waals surface area (Å²) in [7, 11) is 1.58. The number of carbonyl (C=O) groups is 2. The Morgan fingerprint density at radius 3 is 2.57 bits per heavy atom. The van der Waals surface area contributed by atoms with Gasteiger partial charge in [0.1, 0.15) is 5.82 Å². The maximum absolute atomic E-state index is 13.3. The van der Waals surface area contributed by atoms with Gasteiger partial charge in [-0.15, -0.1) is 0 Å². The van der Waals surface area contributed by atoms with E-state index in [0.29, 0.717) is 11.1 Å². The van der Waals surface area contributed by atoms with E-state index in [1.165, 1.54) is 24.0 Å². The van der Waals surface area contributed by atoms with Crippen LogP contribution in [-0.4, -0.2) is 39.7 Å². The Balaban J connectivity index is 1.59. The number of esters is 1. The highest BCUT2D eigenvalue weighted by atomic mass is 19.1. The van der Waals surface area contributed by atoms with Crippen LogP contribution in [0.25, 0.3) is 5.69 Å². The second-order valence-electron chi connectivity index (χ2n) is 6.37. The highest BCUT2D eigenvalue weighted by Crippen LogP contribution is 2.12. The number of ether oxygens (including phenoxy) is 1. The smallest absolute Gasteiger partial charge is 0.338 e. The van der Waals surface area contributed by atoms with Gasteiger partial charge in [-0.25, -0.2) is 13.9 Å². The highest BCUT2D eigenvalue weighted by Gasteiger charge is 2.22. The number of amides is 1. The van der Waals surface area contributed by atoms with Gasteiger partial charge in [-0.2, -0.15) is 5.10 Å². The molecule has 0 fully saturated rings. The van der Waals surface area contributed by atoms with Gasteiger partial charge in [-0.05, 0) is 55.0 Å². The lowest BCUT2D eigenvalue weighted by Gasteiger charge is -2.21. The minimum atomic E-state index is -0.961. The summed E-state index contributed by atoms with van der Waals surface area (Å²) < 4.78 is 20.2. The summed E-state index contributed by atoms with van der Waals surface area (Å²) in [5.74, 6) is -1.32. The molecule has 7 heteroatoms. The average molecular weight is 381 g/mol. The molecule has 2 aromatic carbocycles. The van der Waals surface area contributed by atoms with Crippen molar-refractivity contribution in [3.8, 4) is 5.69 Å². The molecule has 0 aliphatic heterocycles. The maximum atomic E-state index is 13.3. The van der Waals surface area contributed by atoms with Crippen molar-refractivity contribution in [2.45, 2.75) is 19.6 Å². The molecule has 0 radical (unpaired) electrons. The first-order valence-corrected chi connectivity index (χ1v) is 8.74. The van der Waals surface area contributed by atoms with Crippen LogP contribution in [0.4, 0.5) is 4.39 Å². The predicted molar refractivity (Wildman–Crippen MR) is 101 cm³/mol. The first-order chi connectivity index (χ1) is 13.4. The molecule has 1 amide bonds. The van der Waals surface area contributed by atoms with Crippen LogP contribution in [0.2, 0.25) is 0 Å². The van der Waals surface area contributed by atoms with Crippen molar-refractivity contribution in [2.75, 3.05) is 7.05 Å². The van der Waals surface area contributed by atoms with Crippen molar-refractivity contribution in [2.24, 2.45) is 0 Å². The Morgan fingerprint density at radius 1 is 1.18 bits per heavy atom. The van der Waals surface area contributed by atoms with E-state index >= 15 is 0 Å². The Bertz CT molecular complexity index is 955. The molecule has 3 rings (SSSR count). The largest absolute Gasteiger partial charge is 0.449 e. The Hall–Kier alpha value is -3.48. The van der Waals surface area contributed by atoms with Crippen LogP contribution >= 0.6 is 0 Å². The molecule has 0 saturated carbocycles. The number of aromatic nitrogens is 2. The third-order valence-corrected chi connectivity index (χ3v) is 4.19. The molecule has 28 heavy (non-hydrogen) atoms. The first kappa shape index (κ1) is 19.3. The summed E-state index contributed by atoms with van der Waals surface area (Å²) in [6.45, 7) is 1.73. The van der Waals surface area contributed by atoms with E-state index in [1.807, 2.05) is 0 Å². The van der Waals surface area contributed by atoms with Crippen molar-refractivity contribution in [3.63, 3.8) is 0 Å². The van der Waals surface area contributed by atoms with Crippen molar-refractivity contribution < 1.29 is 18.7 Å². The second kappa shape index (κ2) is 8.47. The molecule has 0 unspecified atom stereocenters. The van der Waals surface area contributed by atoms with E-state index in [4.69, 9.17) is 4.74 Å². The number of benzene rings is 2. The van der Waals surface area contributed by atoms with Crippen LogP contribution in [0.1, 0.15) is 22.8 Å². The zero-order valence-electron chi connectivity index (χ0n) is 15.6. The van der Waals surface area contributed by atoms with Crippen molar-refractivity contribution >= 4 is 11.9 Å². The number of rotatable bonds is 6. The topological polar surface area (TPSA) is 64.4 Å². The lowest BCUT2D eigenvalue weighted by Crippen LogP contribution is -2.37. The molecule has 1 heterocycles. The fraction of sp³-hybridized carbons (Fsp3) is 0.190. The van der Waals surface area contributed by atoms with Crippen LogP contribution in [0.15, 0.2) is 67.0 Å². The fourth-order valence-corrected chi connectivity index (χ4v) is 2.75. The molecule has 3 aromatic rings. The zero-order valence-corrected chi connectivity index (χ0v) is 15.6. The quantitative estimate of drug-likeness (QED) is 0.615. The second-order valence-corrected chi connectivity index (χ2v) is 6.37. The summed E-state index contributed by atoms with van der Waals surface area (Å²) >= 11 is 0. The molecule has 6 nitrogen and oxygen atoms in total. The number of halogens is 1. The molecule has 0 spiro atoms. The summed E-state index contributed by atoms with van der Waals surface area (Å²) in [4.78, 5) is 26.2. The van der Waals surface area contributed by atoms with Gasteiger partial charge >= 0.3 is 5.97 Å². The van der Waals surface area contributed by atoms with Crippen molar-refractivity contribution in [1.29, 1.82) is 0 Å². The van der Waals surface area contributed by atoms with Gasteiger partial charge in [0.05, 0.1) is 11.3 Å². The summed E-state index contributed by atoms with van der Waals surface area (Å²) in [6.07, 6.45) is 2.50. The molecule has 1 aromatic heterocycles. The van der Waals surface area contributed by atoms with Gasteiger partial charge in [-0.3, -0.25) is 4.79 Å². The minimum absolute atomic E-state index is 0.219. The Labute approximate surface area is 162 Å². The van der Waals surface area contributed by atoms with Crippen molar-refractivity contribution in [3.05, 3.63) is 83.9 Å². The Morgan fingerprint density at radius 2 is 1.93 bits per heavy atom. The van der Waals surface area contributed by atoms with Crippen LogP contribution < -0.4 is 0 Å². The first-order valence-electron chi connectivity index (χ1n) is 8.74. The van der Waals surface area contributed by atoms with Crippen molar-refractivity contribution in [1.82, 2.24) is 14.7 Å². The molecule has 144 valence electrons. The van der Waals surface area contributed by atoms with Crippen LogP contribution in [-0.2, 0) is 16.1 Å². The fourth-order valence-electron chi connectivity index (χ4n) is 2.75. The number of hydrogen-bond acceptors (Lipinski definition) is 4. The zero-order chi connectivity index (χ0) is 20.1. The van der Waals surface area contributed by atoms with Gasteiger partial charge in [-0.1, -0.05) is 12.1 Å². The molecule has 0 N–H and O–H groups in total. The van der Waals surface area contributed by atoms with Gasteiger partial charge in [0.2, 0.25) is 0 Å². The van der Waals surface area contributed by atoms with E-state index < -0.39 is 12.1 Å². The SMILES string of the molecule is C[C@@H](OC(=O)c1ccc(-n2cccn2)cc1)C(=O)N(C)Cc1cccc(F)c1. The summed E-state index contributed by atoms with van der Waals surface area (Å²) in [6, 6.07) is 14.5. The van der Waals surface area contributed by atoms with Gasteiger partial charge in [0, 0.05) is 26.0 Å². The molecular weight excluding hydrogens is 361 g/mol. The average Bonchev–Trinajstić information content (AvgIpc) is 3.22. The van der Waals surface area contributed by atoms with Gasteiger partial charge in [0.25, 0.3) is 5.91 Å². The lowest BCUT2D eigenvalue weighted by molar-refractivity contribution is -0.139. The van der Waals surface area contributed by atoms with Crippen LogP contribution in [0.5, 0.6) is 0 Å². The summed E-state index contributed by atoms with van der Waals surface area (Å²) in [5, 5.41) is 4.12. The lowest BCUT2D eigenvalue weighted by atomic mass is 10.2. The number of likely N-dealkylation sites (N-methyl/N-ethyl adjacent to an activating group) is 1. The van der Waals surface area contributed by atoms with Gasteiger partial charge in [0.15, 0.2) is 6.10 Å². The molecule has 0 bridgehead atoms. The van der Waals surface area contributed by atoms with Crippen LogP contribution in [0.3, 0.4) is 0 Å². The van der Waals surface area contributed by atoms with E-state index in [-0.39, 0.29) is 18.3 Å². The number of carbonyl (C=O) groups excluding carboxylic acids is 2. The van der Waals surface area contributed by atoms with Gasteiger partial charge < -0.3 is 9.64 Å². The molecular formula is C21H20FN3O3. The monoisotopic (exact) mass is 381 g/mol. The summed E-state index contributed by atoms with van der Waals surface area (Å²) in [5.41, 5.74) is 1.80. The third kappa shape index (κ3) is 4.62.